The van der Waals surface area contributed by atoms with E-state index in [1.54, 1.807) is 18.6 Å². The molecule has 0 amide bonds. The minimum Gasteiger partial charge on any atom is -0.262 e. The Balaban J connectivity index is 2.91. The summed E-state index contributed by atoms with van der Waals surface area (Å²) in [5.41, 5.74) is 0.747. The van der Waals surface area contributed by atoms with Gasteiger partial charge in [0.05, 0.1) is 10.5 Å². The third-order valence-electron chi connectivity index (χ3n) is 1.37. The molecule has 0 aliphatic carbocycles. The van der Waals surface area contributed by atoms with Crippen LogP contribution in [0.1, 0.15) is 0 Å². The Kier molecular flexibility index (Phi) is 1.43. The van der Waals surface area contributed by atoms with Crippen LogP contribution in [0, 0.1) is 0 Å². The number of halogens is 1. The Morgan fingerprint density at radius 3 is 2.73 bits per heavy atom. The van der Waals surface area contributed by atoms with Crippen molar-refractivity contribution in [2.45, 2.75) is 0 Å². The standard InChI is InChI=1S/C7H4ClN3/c8-6-3-9-1-5-2-10-4-11-7(5)6/h1-4H. The molecule has 0 atom stereocenters. The molecular weight excluding hydrogens is 162 g/mol. The second kappa shape index (κ2) is 2.43. The molecule has 0 aliphatic rings. The molecule has 0 saturated carbocycles. The molecule has 0 unspecified atom stereocenters. The maximum absolute atomic E-state index is 5.80. The molecule has 0 fully saturated rings. The van der Waals surface area contributed by atoms with Crippen LogP contribution < -0.4 is 0 Å². The molecule has 2 aromatic rings. The zero-order valence-corrected chi connectivity index (χ0v) is 6.28. The van der Waals surface area contributed by atoms with Crippen LogP contribution in [-0.4, -0.2) is 15.0 Å². The van der Waals surface area contributed by atoms with E-state index in [4.69, 9.17) is 11.6 Å². The fourth-order valence-corrected chi connectivity index (χ4v) is 1.09. The molecular formula is C7H4ClN3. The highest BCUT2D eigenvalue weighted by molar-refractivity contribution is 6.34. The second-order valence-corrected chi connectivity index (χ2v) is 2.49. The molecule has 0 spiro atoms. The van der Waals surface area contributed by atoms with Gasteiger partial charge in [-0.3, -0.25) is 4.98 Å². The highest BCUT2D eigenvalue weighted by Gasteiger charge is 1.97. The Hall–Kier alpha value is -1.22. The molecule has 0 bridgehead atoms. The lowest BCUT2D eigenvalue weighted by atomic mass is 10.3. The van der Waals surface area contributed by atoms with Crippen molar-refractivity contribution >= 4 is 22.5 Å². The third-order valence-corrected chi connectivity index (χ3v) is 1.64. The lowest BCUT2D eigenvalue weighted by Gasteiger charge is -1.94. The first-order valence-electron chi connectivity index (χ1n) is 3.07. The van der Waals surface area contributed by atoms with Gasteiger partial charge < -0.3 is 0 Å². The lowest BCUT2D eigenvalue weighted by molar-refractivity contribution is 1.21. The van der Waals surface area contributed by atoms with Crippen molar-refractivity contribution in [3.63, 3.8) is 0 Å². The van der Waals surface area contributed by atoms with E-state index in [0.29, 0.717) is 5.02 Å². The van der Waals surface area contributed by atoms with Gasteiger partial charge in [-0.2, -0.15) is 0 Å². The van der Waals surface area contributed by atoms with E-state index < -0.39 is 0 Å². The smallest absolute Gasteiger partial charge is 0.116 e. The maximum atomic E-state index is 5.80. The summed E-state index contributed by atoms with van der Waals surface area (Å²) < 4.78 is 0. The average Bonchev–Trinajstić information content (AvgIpc) is 2.06. The molecule has 2 aromatic heterocycles. The first-order chi connectivity index (χ1) is 5.38. The first kappa shape index (κ1) is 6.49. The van der Waals surface area contributed by atoms with Crippen molar-refractivity contribution < 1.29 is 0 Å². The number of aromatic nitrogens is 3. The van der Waals surface area contributed by atoms with Crippen LogP contribution in [0.15, 0.2) is 24.9 Å². The van der Waals surface area contributed by atoms with Crippen LogP contribution in [0.5, 0.6) is 0 Å². The third kappa shape index (κ3) is 1.03. The van der Waals surface area contributed by atoms with Crippen molar-refractivity contribution in [1.82, 2.24) is 15.0 Å². The largest absolute Gasteiger partial charge is 0.262 e. The van der Waals surface area contributed by atoms with Crippen LogP contribution in [0.2, 0.25) is 5.02 Å². The number of fused-ring (bicyclic) bond motifs is 1. The number of hydrogen-bond donors (Lipinski definition) is 0. The average molecular weight is 166 g/mol. The first-order valence-corrected chi connectivity index (χ1v) is 3.45. The zero-order chi connectivity index (χ0) is 7.68. The summed E-state index contributed by atoms with van der Waals surface area (Å²) >= 11 is 5.80. The number of nitrogens with zero attached hydrogens (tertiary/aromatic N) is 3. The van der Waals surface area contributed by atoms with Crippen LogP contribution >= 0.6 is 11.6 Å². The molecule has 54 valence electrons. The fourth-order valence-electron chi connectivity index (χ4n) is 0.879. The van der Waals surface area contributed by atoms with Crippen molar-refractivity contribution in [2.24, 2.45) is 0 Å². The van der Waals surface area contributed by atoms with Gasteiger partial charge in [0, 0.05) is 24.0 Å². The number of rotatable bonds is 0. The minimum atomic E-state index is 0.560. The van der Waals surface area contributed by atoms with Crippen molar-refractivity contribution in [1.29, 1.82) is 0 Å². The second-order valence-electron chi connectivity index (χ2n) is 2.08. The molecule has 0 aliphatic heterocycles. The van der Waals surface area contributed by atoms with Gasteiger partial charge in [0.2, 0.25) is 0 Å². The van der Waals surface area contributed by atoms with Crippen molar-refractivity contribution in [3.05, 3.63) is 29.9 Å². The van der Waals surface area contributed by atoms with E-state index >= 15 is 0 Å². The van der Waals surface area contributed by atoms with Gasteiger partial charge in [-0.1, -0.05) is 11.6 Å². The molecule has 2 rings (SSSR count). The van der Waals surface area contributed by atoms with Crippen LogP contribution in [0.25, 0.3) is 10.9 Å². The zero-order valence-electron chi connectivity index (χ0n) is 5.53. The minimum absolute atomic E-state index is 0.560. The Labute approximate surface area is 68.1 Å². The SMILES string of the molecule is Clc1cncc2cncnc12. The maximum Gasteiger partial charge on any atom is 0.116 e. The molecule has 3 nitrogen and oxygen atoms in total. The van der Waals surface area contributed by atoms with Crippen molar-refractivity contribution in [2.75, 3.05) is 0 Å². The molecule has 0 N–H and O–H groups in total. The molecule has 0 radical (unpaired) electrons. The predicted molar refractivity (Wildman–Crippen MR) is 42.3 cm³/mol. The number of pyridine rings is 1. The van der Waals surface area contributed by atoms with Crippen LogP contribution in [0.4, 0.5) is 0 Å². The van der Waals surface area contributed by atoms with E-state index in [0.717, 1.165) is 10.9 Å². The van der Waals surface area contributed by atoms with Crippen molar-refractivity contribution in [3.8, 4) is 0 Å². The number of hydrogen-bond acceptors (Lipinski definition) is 3. The Bertz CT molecular complexity index is 383. The molecule has 0 aromatic carbocycles. The fraction of sp³-hybridized carbons (Fsp3) is 0. The van der Waals surface area contributed by atoms with Gasteiger partial charge in [-0.25, -0.2) is 9.97 Å². The summed E-state index contributed by atoms with van der Waals surface area (Å²) in [4.78, 5) is 11.7. The normalized spacial score (nSPS) is 10.3. The molecule has 2 heterocycles. The van der Waals surface area contributed by atoms with Gasteiger partial charge in [0.15, 0.2) is 0 Å². The summed E-state index contributed by atoms with van der Waals surface area (Å²) in [6, 6.07) is 0. The summed E-state index contributed by atoms with van der Waals surface area (Å²) in [6.45, 7) is 0. The van der Waals surface area contributed by atoms with E-state index in [1.807, 2.05) is 0 Å². The molecule has 0 saturated heterocycles. The van der Waals surface area contributed by atoms with Crippen LogP contribution in [-0.2, 0) is 0 Å². The van der Waals surface area contributed by atoms with E-state index in [9.17, 15) is 0 Å². The van der Waals surface area contributed by atoms with E-state index in [2.05, 4.69) is 15.0 Å². The summed E-state index contributed by atoms with van der Waals surface area (Å²) in [7, 11) is 0. The van der Waals surface area contributed by atoms with Gasteiger partial charge in [-0.15, -0.1) is 0 Å². The molecule has 4 heteroatoms. The van der Waals surface area contributed by atoms with Gasteiger partial charge in [0.1, 0.15) is 6.33 Å². The van der Waals surface area contributed by atoms with Gasteiger partial charge in [-0.05, 0) is 0 Å². The highest BCUT2D eigenvalue weighted by Crippen LogP contribution is 2.17. The lowest BCUT2D eigenvalue weighted by Crippen LogP contribution is -1.82. The molecule has 11 heavy (non-hydrogen) atoms. The topological polar surface area (TPSA) is 38.7 Å². The van der Waals surface area contributed by atoms with E-state index in [-0.39, 0.29) is 0 Å². The summed E-state index contributed by atoms with van der Waals surface area (Å²) in [5.74, 6) is 0. The Morgan fingerprint density at radius 2 is 1.91 bits per heavy atom. The van der Waals surface area contributed by atoms with Gasteiger partial charge in [0.25, 0.3) is 0 Å². The van der Waals surface area contributed by atoms with E-state index in [1.165, 1.54) is 6.33 Å². The predicted octanol–water partition coefficient (Wildman–Crippen LogP) is 1.68. The summed E-state index contributed by atoms with van der Waals surface area (Å²) in [6.07, 6.45) is 6.40. The highest BCUT2D eigenvalue weighted by atomic mass is 35.5. The van der Waals surface area contributed by atoms with Crippen LogP contribution in [0.3, 0.4) is 0 Å². The Morgan fingerprint density at radius 1 is 1.09 bits per heavy atom. The monoisotopic (exact) mass is 165 g/mol. The van der Waals surface area contributed by atoms with Gasteiger partial charge >= 0.3 is 0 Å². The summed E-state index contributed by atoms with van der Waals surface area (Å²) in [5, 5.41) is 1.42. The quantitative estimate of drug-likeness (QED) is 0.596.